The van der Waals surface area contributed by atoms with Crippen LogP contribution in [0.1, 0.15) is 59.8 Å². The molecular formula is C20H39N3O2. The Morgan fingerprint density at radius 2 is 1.44 bits per heavy atom. The first-order valence-electron chi connectivity index (χ1n) is 10.3. The Labute approximate surface area is 154 Å². The van der Waals surface area contributed by atoms with Crippen molar-refractivity contribution >= 4 is 11.7 Å². The van der Waals surface area contributed by atoms with Gasteiger partial charge in [0.05, 0.1) is 0 Å². The fourth-order valence-corrected chi connectivity index (χ4v) is 3.61. The Hall–Kier alpha value is -0.940. The van der Waals surface area contributed by atoms with Gasteiger partial charge >= 0.3 is 0 Å². The van der Waals surface area contributed by atoms with Gasteiger partial charge in [0.15, 0.2) is 0 Å². The van der Waals surface area contributed by atoms with Crippen LogP contribution >= 0.6 is 0 Å². The summed E-state index contributed by atoms with van der Waals surface area (Å²) in [5.41, 5.74) is 0. The fraction of sp³-hybridized carbons (Fsp3) is 0.900. The number of carbonyl (C=O) groups is 2. The van der Waals surface area contributed by atoms with Crippen molar-refractivity contribution in [1.82, 2.24) is 14.7 Å². The SMILES string of the molecule is CC.CCN1CCN(CCC2CCN(C(=O)CCC(C)=O)CC2)CC1. The number of Topliss-reactive ketones (excluding diaryl/α,β-unsaturated/α-hetero) is 1. The zero-order valence-electron chi connectivity index (χ0n) is 16.9. The number of ketones is 1. The molecule has 0 spiro atoms. The number of likely N-dealkylation sites (tertiary alicyclic amines) is 1. The van der Waals surface area contributed by atoms with Crippen molar-refractivity contribution in [2.24, 2.45) is 5.92 Å². The zero-order chi connectivity index (χ0) is 18.7. The summed E-state index contributed by atoms with van der Waals surface area (Å²) in [6, 6.07) is 0. The third-order valence-electron chi connectivity index (χ3n) is 5.42. The molecule has 2 rings (SSSR count). The van der Waals surface area contributed by atoms with Crippen molar-refractivity contribution in [2.45, 2.75) is 59.8 Å². The predicted molar refractivity (Wildman–Crippen MR) is 104 cm³/mol. The Bertz CT molecular complexity index is 384. The van der Waals surface area contributed by atoms with Gasteiger partial charge in [-0.05, 0) is 45.2 Å². The number of rotatable bonds is 7. The molecule has 5 heteroatoms. The lowest BCUT2D eigenvalue weighted by molar-refractivity contribution is -0.134. The molecule has 0 unspecified atom stereocenters. The third-order valence-corrected chi connectivity index (χ3v) is 5.42. The van der Waals surface area contributed by atoms with Crippen LogP contribution < -0.4 is 0 Å². The number of likely N-dealkylation sites (N-methyl/N-ethyl adjacent to an activating group) is 1. The van der Waals surface area contributed by atoms with Crippen LogP contribution in [0.2, 0.25) is 0 Å². The lowest BCUT2D eigenvalue weighted by Gasteiger charge is -2.36. The maximum atomic E-state index is 12.0. The minimum absolute atomic E-state index is 0.108. The van der Waals surface area contributed by atoms with Crippen LogP contribution in [-0.2, 0) is 9.59 Å². The molecule has 0 radical (unpaired) electrons. The molecular weight excluding hydrogens is 314 g/mol. The van der Waals surface area contributed by atoms with Crippen molar-refractivity contribution in [3.63, 3.8) is 0 Å². The van der Waals surface area contributed by atoms with Gasteiger partial charge in [-0.2, -0.15) is 0 Å². The lowest BCUT2D eigenvalue weighted by Crippen LogP contribution is -2.46. The van der Waals surface area contributed by atoms with E-state index in [4.69, 9.17) is 0 Å². The third kappa shape index (κ3) is 8.32. The van der Waals surface area contributed by atoms with E-state index in [9.17, 15) is 9.59 Å². The molecule has 0 aromatic carbocycles. The first kappa shape index (κ1) is 22.1. The van der Waals surface area contributed by atoms with E-state index in [1.807, 2.05) is 18.7 Å². The first-order valence-corrected chi connectivity index (χ1v) is 10.3. The molecule has 2 saturated heterocycles. The maximum absolute atomic E-state index is 12.0. The van der Waals surface area contributed by atoms with Gasteiger partial charge in [-0.15, -0.1) is 0 Å². The van der Waals surface area contributed by atoms with E-state index in [1.165, 1.54) is 45.7 Å². The van der Waals surface area contributed by atoms with E-state index in [0.29, 0.717) is 12.8 Å². The van der Waals surface area contributed by atoms with Crippen molar-refractivity contribution in [1.29, 1.82) is 0 Å². The van der Waals surface area contributed by atoms with Crippen LogP contribution in [0.4, 0.5) is 0 Å². The van der Waals surface area contributed by atoms with Crippen molar-refractivity contribution < 1.29 is 9.59 Å². The molecule has 2 aliphatic heterocycles. The molecule has 5 nitrogen and oxygen atoms in total. The van der Waals surface area contributed by atoms with E-state index in [-0.39, 0.29) is 11.7 Å². The summed E-state index contributed by atoms with van der Waals surface area (Å²) in [6.45, 7) is 16.8. The van der Waals surface area contributed by atoms with E-state index in [0.717, 1.165) is 31.8 Å². The summed E-state index contributed by atoms with van der Waals surface area (Å²) in [5, 5.41) is 0. The molecule has 0 aliphatic carbocycles. The molecule has 2 heterocycles. The highest BCUT2D eigenvalue weighted by Gasteiger charge is 2.23. The van der Waals surface area contributed by atoms with Gasteiger partial charge in [0.25, 0.3) is 0 Å². The second kappa shape index (κ2) is 12.4. The quantitative estimate of drug-likeness (QED) is 0.706. The normalized spacial score (nSPS) is 20.1. The molecule has 2 aliphatic rings. The van der Waals surface area contributed by atoms with Gasteiger partial charge in [-0.1, -0.05) is 20.8 Å². The summed E-state index contributed by atoms with van der Waals surface area (Å²) >= 11 is 0. The van der Waals surface area contributed by atoms with Crippen LogP contribution in [-0.4, -0.2) is 78.7 Å². The van der Waals surface area contributed by atoms with Gasteiger partial charge in [0.1, 0.15) is 5.78 Å². The maximum Gasteiger partial charge on any atom is 0.223 e. The molecule has 146 valence electrons. The number of nitrogens with zero attached hydrogens (tertiary/aromatic N) is 3. The van der Waals surface area contributed by atoms with E-state index in [2.05, 4.69) is 16.7 Å². The average molecular weight is 354 g/mol. The van der Waals surface area contributed by atoms with Crippen LogP contribution in [0.25, 0.3) is 0 Å². The van der Waals surface area contributed by atoms with Crippen LogP contribution in [0, 0.1) is 5.92 Å². The molecule has 0 aromatic rings. The monoisotopic (exact) mass is 353 g/mol. The van der Waals surface area contributed by atoms with Crippen LogP contribution in [0.15, 0.2) is 0 Å². The Balaban J connectivity index is 0.00000151. The highest BCUT2D eigenvalue weighted by atomic mass is 16.2. The number of piperidine rings is 1. The van der Waals surface area contributed by atoms with Gasteiger partial charge in [0.2, 0.25) is 5.91 Å². The first-order chi connectivity index (χ1) is 12.1. The minimum Gasteiger partial charge on any atom is -0.343 e. The standard InChI is InChI=1S/C18H33N3O2.C2H6/c1-3-19-12-14-20(15-13-19)9-6-17-7-10-21(11-8-17)18(23)5-4-16(2)22;1-2/h17H,3-15H2,1-2H3;1-2H3. The van der Waals surface area contributed by atoms with Crippen molar-refractivity contribution in [2.75, 3.05) is 52.4 Å². The summed E-state index contributed by atoms with van der Waals surface area (Å²) < 4.78 is 0. The van der Waals surface area contributed by atoms with Gasteiger partial charge in [-0.25, -0.2) is 0 Å². The molecule has 1 amide bonds. The molecule has 0 saturated carbocycles. The molecule has 0 bridgehead atoms. The molecule has 25 heavy (non-hydrogen) atoms. The highest BCUT2D eigenvalue weighted by molar-refractivity contribution is 5.83. The summed E-state index contributed by atoms with van der Waals surface area (Å²) in [4.78, 5) is 30.1. The smallest absolute Gasteiger partial charge is 0.223 e. The van der Waals surface area contributed by atoms with Gasteiger partial charge in [0, 0.05) is 52.1 Å². The fourth-order valence-electron chi connectivity index (χ4n) is 3.61. The largest absolute Gasteiger partial charge is 0.343 e. The summed E-state index contributed by atoms with van der Waals surface area (Å²) in [5.74, 6) is 1.03. The van der Waals surface area contributed by atoms with Gasteiger partial charge < -0.3 is 19.5 Å². The second-order valence-electron chi connectivity index (χ2n) is 7.09. The van der Waals surface area contributed by atoms with E-state index >= 15 is 0 Å². The molecule has 2 fully saturated rings. The molecule has 0 aromatic heterocycles. The summed E-state index contributed by atoms with van der Waals surface area (Å²) in [6.07, 6.45) is 4.30. The molecule has 0 N–H and O–H groups in total. The van der Waals surface area contributed by atoms with E-state index < -0.39 is 0 Å². The van der Waals surface area contributed by atoms with Gasteiger partial charge in [-0.3, -0.25) is 4.79 Å². The number of carbonyl (C=O) groups excluding carboxylic acids is 2. The van der Waals surface area contributed by atoms with Crippen LogP contribution in [0.5, 0.6) is 0 Å². The number of hydrogen-bond donors (Lipinski definition) is 0. The van der Waals surface area contributed by atoms with Crippen molar-refractivity contribution in [3.8, 4) is 0 Å². The Kier molecular flexibility index (Phi) is 11.0. The highest BCUT2D eigenvalue weighted by Crippen LogP contribution is 2.22. The Morgan fingerprint density at radius 3 is 1.96 bits per heavy atom. The lowest BCUT2D eigenvalue weighted by atomic mass is 9.93. The predicted octanol–water partition coefficient (Wildman–Crippen LogP) is 2.65. The number of piperazine rings is 1. The second-order valence-corrected chi connectivity index (χ2v) is 7.09. The minimum atomic E-state index is 0.108. The van der Waals surface area contributed by atoms with Crippen LogP contribution in [0.3, 0.4) is 0 Å². The topological polar surface area (TPSA) is 43.9 Å². The number of amides is 1. The average Bonchev–Trinajstić information content (AvgIpc) is 2.67. The van der Waals surface area contributed by atoms with Crippen molar-refractivity contribution in [3.05, 3.63) is 0 Å². The number of hydrogen-bond acceptors (Lipinski definition) is 4. The molecule has 0 atom stereocenters. The van der Waals surface area contributed by atoms with E-state index in [1.54, 1.807) is 6.92 Å². The Morgan fingerprint density at radius 1 is 0.880 bits per heavy atom. The zero-order valence-corrected chi connectivity index (χ0v) is 16.9. The summed E-state index contributed by atoms with van der Waals surface area (Å²) in [7, 11) is 0.